The zero-order chi connectivity index (χ0) is 14.4. The molecule has 6 heteroatoms. The van der Waals surface area contributed by atoms with Gasteiger partial charge in [-0.3, -0.25) is 4.79 Å². The molecule has 1 aromatic rings. The Hall–Kier alpha value is -2.08. The fourth-order valence-corrected chi connectivity index (χ4v) is 3.25. The molecule has 108 valence electrons. The number of hydrogen-bond donors (Lipinski definition) is 1. The van der Waals surface area contributed by atoms with Crippen molar-refractivity contribution < 1.29 is 4.39 Å². The summed E-state index contributed by atoms with van der Waals surface area (Å²) in [4.78, 5) is 15.9. The summed E-state index contributed by atoms with van der Waals surface area (Å²) in [5, 5.41) is 7.79. The summed E-state index contributed by atoms with van der Waals surface area (Å²) >= 11 is 0. The predicted molar refractivity (Wildman–Crippen MR) is 77.2 cm³/mol. The number of fused-ring (bicyclic) bond motifs is 3. The monoisotopic (exact) mass is 286 g/mol. The van der Waals surface area contributed by atoms with Gasteiger partial charge in [-0.05, 0) is 38.1 Å². The third-order valence-electron chi connectivity index (χ3n) is 4.28. The van der Waals surface area contributed by atoms with Crippen LogP contribution in [0, 0.1) is 0 Å². The second-order valence-corrected chi connectivity index (χ2v) is 5.58. The Balaban J connectivity index is 1.86. The highest BCUT2D eigenvalue weighted by molar-refractivity contribution is 6.04. The summed E-state index contributed by atoms with van der Waals surface area (Å²) in [6.45, 7) is 1.84. The number of halogens is 1. The van der Waals surface area contributed by atoms with Gasteiger partial charge in [-0.15, -0.1) is 0 Å². The van der Waals surface area contributed by atoms with Gasteiger partial charge in [0.15, 0.2) is 0 Å². The Morgan fingerprint density at radius 1 is 1.33 bits per heavy atom. The summed E-state index contributed by atoms with van der Waals surface area (Å²) in [6.07, 6.45) is 6.72. The van der Waals surface area contributed by atoms with Crippen molar-refractivity contribution in [2.75, 3.05) is 13.1 Å². The number of aromatic nitrogens is 2. The van der Waals surface area contributed by atoms with Gasteiger partial charge in [-0.1, -0.05) is 6.08 Å². The van der Waals surface area contributed by atoms with Gasteiger partial charge in [0.2, 0.25) is 0 Å². The first-order chi connectivity index (χ1) is 10.2. The van der Waals surface area contributed by atoms with E-state index >= 15 is 0 Å². The Morgan fingerprint density at radius 3 is 2.95 bits per heavy atom. The van der Waals surface area contributed by atoms with Gasteiger partial charge in [0.05, 0.1) is 11.4 Å². The first-order valence-electron chi connectivity index (χ1n) is 7.21. The Labute approximate surface area is 120 Å². The van der Waals surface area contributed by atoms with Crippen LogP contribution in [0.3, 0.4) is 0 Å². The lowest BCUT2D eigenvalue weighted by Crippen LogP contribution is -2.29. The molecule has 5 nitrogen and oxygen atoms in total. The van der Waals surface area contributed by atoms with Crippen LogP contribution in [0.5, 0.6) is 0 Å². The number of piperidine rings is 1. The number of nitrogens with one attached hydrogen (secondary N) is 1. The van der Waals surface area contributed by atoms with Crippen LogP contribution < -0.4 is 10.9 Å². The summed E-state index contributed by atoms with van der Waals surface area (Å²) in [7, 11) is 0. The Morgan fingerprint density at radius 2 is 2.14 bits per heavy atom. The molecular formula is C15H15FN4O. The molecule has 2 aliphatic heterocycles. The quantitative estimate of drug-likeness (QED) is 0.849. The normalized spacial score (nSPS) is 24.3. The maximum absolute atomic E-state index is 14.1. The van der Waals surface area contributed by atoms with E-state index in [9.17, 15) is 9.18 Å². The molecule has 1 aromatic heterocycles. The van der Waals surface area contributed by atoms with E-state index in [1.807, 2.05) is 0 Å². The zero-order valence-corrected chi connectivity index (χ0v) is 11.4. The Bertz CT molecular complexity index is 741. The van der Waals surface area contributed by atoms with Crippen LogP contribution in [0.2, 0.25) is 0 Å². The minimum absolute atomic E-state index is 0.265. The van der Waals surface area contributed by atoms with E-state index in [2.05, 4.69) is 15.4 Å². The van der Waals surface area contributed by atoms with E-state index in [0.717, 1.165) is 31.6 Å². The fraction of sp³-hybridized carbons (Fsp3) is 0.400. The first-order valence-corrected chi connectivity index (χ1v) is 7.21. The molecule has 0 spiro atoms. The fourth-order valence-electron chi connectivity index (χ4n) is 3.25. The minimum atomic E-state index is -0.621. The molecule has 1 fully saturated rings. The average Bonchev–Trinajstić information content (AvgIpc) is 2.87. The van der Waals surface area contributed by atoms with Crippen molar-refractivity contribution in [2.45, 2.75) is 24.7 Å². The molecule has 1 atom stereocenters. The standard InChI is InChI=1S/C15H15FN4O/c16-10-2-1-3-11-14(10)15-18-13(21)8-12(20(15)19-11)9-4-6-17-7-5-9/h1-3,8-9,14,17H,4-7H2. The van der Waals surface area contributed by atoms with E-state index in [0.29, 0.717) is 11.5 Å². The van der Waals surface area contributed by atoms with Crippen LogP contribution in [0.25, 0.3) is 0 Å². The smallest absolute Gasteiger partial charge is 0.273 e. The van der Waals surface area contributed by atoms with Crippen molar-refractivity contribution in [3.05, 3.63) is 52.0 Å². The molecule has 1 saturated heterocycles. The molecule has 0 radical (unpaired) electrons. The molecule has 21 heavy (non-hydrogen) atoms. The van der Waals surface area contributed by atoms with Gasteiger partial charge in [0, 0.05) is 12.0 Å². The molecule has 1 aliphatic carbocycles. The zero-order valence-electron chi connectivity index (χ0n) is 11.4. The molecule has 0 saturated carbocycles. The predicted octanol–water partition coefficient (Wildman–Crippen LogP) is 1.43. The summed E-state index contributed by atoms with van der Waals surface area (Å²) in [5.74, 6) is -0.258. The third-order valence-corrected chi connectivity index (χ3v) is 4.28. The lowest BCUT2D eigenvalue weighted by Gasteiger charge is -2.24. The maximum Gasteiger partial charge on any atom is 0.273 e. The SMILES string of the molecule is O=c1cc(C2CCNCC2)n2c(n1)C1C(F)=CC=CC1=N2. The lowest BCUT2D eigenvalue weighted by molar-refractivity contribution is 0.438. The van der Waals surface area contributed by atoms with Gasteiger partial charge < -0.3 is 5.32 Å². The van der Waals surface area contributed by atoms with E-state index in [-0.39, 0.29) is 17.3 Å². The van der Waals surface area contributed by atoms with Crippen molar-refractivity contribution in [1.29, 1.82) is 0 Å². The maximum atomic E-state index is 14.1. The van der Waals surface area contributed by atoms with Crippen LogP contribution in [-0.4, -0.2) is 28.5 Å². The van der Waals surface area contributed by atoms with Crippen LogP contribution >= 0.6 is 0 Å². The van der Waals surface area contributed by atoms with Crippen LogP contribution in [0.1, 0.15) is 36.2 Å². The molecule has 4 rings (SSSR count). The number of nitrogens with zero attached hydrogens (tertiary/aromatic N) is 3. The number of allylic oxidation sites excluding steroid dienone is 4. The highest BCUT2D eigenvalue weighted by Crippen LogP contribution is 2.36. The van der Waals surface area contributed by atoms with Gasteiger partial charge in [-0.2, -0.15) is 10.1 Å². The Kier molecular flexibility index (Phi) is 2.85. The summed E-state index contributed by atoms with van der Waals surface area (Å²) in [6, 6.07) is 1.55. The second kappa shape index (κ2) is 4.73. The lowest BCUT2D eigenvalue weighted by atomic mass is 9.93. The van der Waals surface area contributed by atoms with Crippen molar-refractivity contribution in [3.63, 3.8) is 0 Å². The van der Waals surface area contributed by atoms with Crippen molar-refractivity contribution in [3.8, 4) is 0 Å². The largest absolute Gasteiger partial charge is 0.317 e. The van der Waals surface area contributed by atoms with Crippen molar-refractivity contribution >= 4 is 5.71 Å². The topological polar surface area (TPSA) is 59.3 Å². The second-order valence-electron chi connectivity index (χ2n) is 5.58. The first kappa shape index (κ1) is 12.6. The van der Waals surface area contributed by atoms with Gasteiger partial charge in [-0.25, -0.2) is 9.07 Å². The van der Waals surface area contributed by atoms with Crippen LogP contribution in [-0.2, 0) is 0 Å². The van der Waals surface area contributed by atoms with E-state index in [1.165, 1.54) is 6.08 Å². The molecule has 0 amide bonds. The average molecular weight is 286 g/mol. The van der Waals surface area contributed by atoms with Crippen LogP contribution in [0.4, 0.5) is 4.39 Å². The molecule has 0 aromatic carbocycles. The molecule has 3 aliphatic rings. The summed E-state index contributed by atoms with van der Waals surface area (Å²) < 4.78 is 15.8. The molecule has 3 heterocycles. The van der Waals surface area contributed by atoms with E-state index in [4.69, 9.17) is 0 Å². The minimum Gasteiger partial charge on any atom is -0.317 e. The van der Waals surface area contributed by atoms with Crippen LogP contribution in [0.15, 0.2) is 40.0 Å². The molecule has 1 N–H and O–H groups in total. The van der Waals surface area contributed by atoms with Crippen molar-refractivity contribution in [1.82, 2.24) is 15.0 Å². The number of rotatable bonds is 1. The van der Waals surface area contributed by atoms with Gasteiger partial charge in [0.25, 0.3) is 5.56 Å². The highest BCUT2D eigenvalue weighted by Gasteiger charge is 2.35. The van der Waals surface area contributed by atoms with E-state index < -0.39 is 5.92 Å². The highest BCUT2D eigenvalue weighted by atomic mass is 19.1. The number of hydrogen-bond acceptors (Lipinski definition) is 4. The van der Waals surface area contributed by atoms with Crippen molar-refractivity contribution in [2.24, 2.45) is 5.10 Å². The third kappa shape index (κ3) is 1.98. The molecule has 0 bridgehead atoms. The summed E-state index contributed by atoms with van der Waals surface area (Å²) in [5.41, 5.74) is 1.16. The molecular weight excluding hydrogens is 271 g/mol. The van der Waals surface area contributed by atoms with Gasteiger partial charge >= 0.3 is 0 Å². The van der Waals surface area contributed by atoms with Gasteiger partial charge in [0.1, 0.15) is 17.6 Å². The molecule has 1 unspecified atom stereocenters. The van der Waals surface area contributed by atoms with E-state index in [1.54, 1.807) is 22.9 Å².